The number of fused-ring (bicyclic) bond motifs is 1. The summed E-state index contributed by atoms with van der Waals surface area (Å²) in [6.45, 7) is 9.82. The highest BCUT2D eigenvalue weighted by atomic mass is 16.1. The number of aromatic nitrogens is 1. The maximum Gasteiger partial charge on any atom is 0.251 e. The van der Waals surface area contributed by atoms with Gasteiger partial charge in [0.25, 0.3) is 5.91 Å². The van der Waals surface area contributed by atoms with Crippen molar-refractivity contribution in [3.05, 3.63) is 130 Å². The Labute approximate surface area is 247 Å². The van der Waals surface area contributed by atoms with Gasteiger partial charge in [-0.05, 0) is 71.3 Å². The molecule has 4 aromatic carbocycles. The number of hydrazine groups is 1. The lowest BCUT2D eigenvalue weighted by Gasteiger charge is -2.12. The largest absolute Gasteiger partial charge is 0.382 e. The number of nitrogens with two attached hydrogens (primary N) is 2. The van der Waals surface area contributed by atoms with Crippen LogP contribution in [-0.2, 0) is 13.1 Å². The summed E-state index contributed by atoms with van der Waals surface area (Å²) in [5.74, 6) is 6.04. The van der Waals surface area contributed by atoms with Gasteiger partial charge >= 0.3 is 0 Å². The van der Waals surface area contributed by atoms with Crippen LogP contribution in [0.4, 0.5) is 0 Å². The molecule has 5 aromatic rings. The number of nitrogens with one attached hydrogen (secondary N) is 2. The second kappa shape index (κ2) is 12.3. The molecule has 0 unspecified atom stereocenters. The Balaban J connectivity index is 1.35. The number of rotatable bonds is 9. The van der Waals surface area contributed by atoms with E-state index in [1.807, 2.05) is 36.4 Å². The number of amides is 1. The Hall–Kier alpha value is -4.88. The van der Waals surface area contributed by atoms with Crippen LogP contribution >= 0.6 is 0 Å². The molecule has 42 heavy (non-hydrogen) atoms. The molecule has 0 bridgehead atoms. The highest BCUT2D eigenvalue weighted by Gasteiger charge is 2.15. The zero-order valence-corrected chi connectivity index (χ0v) is 24.6. The van der Waals surface area contributed by atoms with E-state index in [4.69, 9.17) is 11.6 Å². The first-order chi connectivity index (χ1) is 20.3. The lowest BCUT2D eigenvalue weighted by Crippen LogP contribution is -2.23. The van der Waals surface area contributed by atoms with Gasteiger partial charge in [-0.3, -0.25) is 4.79 Å². The van der Waals surface area contributed by atoms with E-state index in [0.29, 0.717) is 23.9 Å². The summed E-state index contributed by atoms with van der Waals surface area (Å²) < 4.78 is 2.31. The molecule has 6 N–H and O–H groups in total. The minimum absolute atomic E-state index is 0.0690. The lowest BCUT2D eigenvalue weighted by molar-refractivity contribution is 0.0951. The summed E-state index contributed by atoms with van der Waals surface area (Å²) in [6, 6.07) is 30.7. The van der Waals surface area contributed by atoms with Crippen molar-refractivity contribution in [1.82, 2.24) is 15.4 Å². The van der Waals surface area contributed by atoms with Crippen LogP contribution in [0.15, 0.2) is 96.1 Å². The van der Waals surface area contributed by atoms with Gasteiger partial charge in [0.15, 0.2) is 5.84 Å². The zero-order chi connectivity index (χ0) is 29.8. The van der Waals surface area contributed by atoms with Crippen molar-refractivity contribution in [3.63, 3.8) is 0 Å². The van der Waals surface area contributed by atoms with Crippen molar-refractivity contribution in [2.75, 3.05) is 0 Å². The molecule has 0 spiro atoms. The van der Waals surface area contributed by atoms with E-state index < -0.39 is 0 Å². The number of carbonyl (C=O) groups excluding carboxylic acids is 1. The van der Waals surface area contributed by atoms with E-state index in [0.717, 1.165) is 39.7 Å². The smallest absolute Gasteiger partial charge is 0.251 e. The molecule has 1 amide bonds. The fourth-order valence-corrected chi connectivity index (χ4v) is 5.40. The van der Waals surface area contributed by atoms with Crippen molar-refractivity contribution < 1.29 is 4.79 Å². The van der Waals surface area contributed by atoms with Crippen LogP contribution in [0, 0.1) is 13.8 Å². The van der Waals surface area contributed by atoms with Gasteiger partial charge in [0.1, 0.15) is 0 Å². The van der Waals surface area contributed by atoms with Gasteiger partial charge in [-0.2, -0.15) is 0 Å². The van der Waals surface area contributed by atoms with Crippen LogP contribution in [0.5, 0.6) is 0 Å². The normalized spacial score (nSPS) is 11.7. The topological polar surface area (TPSA) is 110 Å². The summed E-state index contributed by atoms with van der Waals surface area (Å²) in [7, 11) is 0. The number of nitrogens with zero attached hydrogens (tertiary/aromatic N) is 2. The maximum absolute atomic E-state index is 13.1. The van der Waals surface area contributed by atoms with Crippen molar-refractivity contribution in [3.8, 4) is 11.1 Å². The second-order valence-corrected chi connectivity index (χ2v) is 11.0. The molecular weight excluding hydrogens is 520 g/mol. The summed E-state index contributed by atoms with van der Waals surface area (Å²) >= 11 is 0. The fourth-order valence-electron chi connectivity index (χ4n) is 5.40. The molecule has 7 heteroatoms. The molecule has 0 aliphatic heterocycles. The number of hydrogen-bond acceptors (Lipinski definition) is 4. The molecule has 0 aliphatic rings. The highest BCUT2D eigenvalue weighted by Crippen LogP contribution is 2.29. The van der Waals surface area contributed by atoms with Gasteiger partial charge in [0, 0.05) is 40.8 Å². The van der Waals surface area contributed by atoms with Gasteiger partial charge < -0.3 is 15.6 Å². The van der Waals surface area contributed by atoms with Crippen LogP contribution in [0.3, 0.4) is 0 Å². The summed E-state index contributed by atoms with van der Waals surface area (Å²) in [5, 5.41) is 8.13. The van der Waals surface area contributed by atoms with Crippen LogP contribution in [0.25, 0.3) is 22.0 Å². The van der Waals surface area contributed by atoms with Crippen molar-refractivity contribution in [2.45, 2.75) is 46.7 Å². The van der Waals surface area contributed by atoms with Gasteiger partial charge in [-0.15, -0.1) is 5.10 Å². The number of hydrogen-bond donors (Lipinski definition) is 4. The average molecular weight is 559 g/mol. The highest BCUT2D eigenvalue weighted by molar-refractivity contribution is 6.03. The molecule has 0 saturated heterocycles. The summed E-state index contributed by atoms with van der Waals surface area (Å²) in [5.41, 5.74) is 18.9. The predicted molar refractivity (Wildman–Crippen MR) is 172 cm³/mol. The first-order valence-corrected chi connectivity index (χ1v) is 14.2. The van der Waals surface area contributed by atoms with Gasteiger partial charge in [-0.1, -0.05) is 86.6 Å². The maximum atomic E-state index is 13.1. The third-order valence-corrected chi connectivity index (χ3v) is 7.97. The predicted octanol–water partition coefficient (Wildman–Crippen LogP) is 6.11. The number of carbonyl (C=O) groups is 1. The third-order valence-electron chi connectivity index (χ3n) is 7.97. The molecular formula is C35H38N6O. The van der Waals surface area contributed by atoms with E-state index in [1.54, 1.807) is 0 Å². The van der Waals surface area contributed by atoms with Crippen molar-refractivity contribution in [1.29, 1.82) is 0 Å². The molecule has 0 atom stereocenters. The average Bonchev–Trinajstić information content (AvgIpc) is 3.24. The molecule has 0 fully saturated rings. The first-order valence-electron chi connectivity index (χ1n) is 14.2. The molecule has 0 aliphatic carbocycles. The van der Waals surface area contributed by atoms with E-state index in [-0.39, 0.29) is 5.91 Å². The van der Waals surface area contributed by atoms with Gasteiger partial charge in [0.2, 0.25) is 0 Å². The molecule has 0 saturated carbocycles. The molecule has 214 valence electrons. The Morgan fingerprint density at radius 2 is 1.67 bits per heavy atom. The molecule has 7 nitrogen and oxygen atoms in total. The zero-order valence-electron chi connectivity index (χ0n) is 24.6. The second-order valence-electron chi connectivity index (χ2n) is 11.0. The molecule has 1 heterocycles. The summed E-state index contributed by atoms with van der Waals surface area (Å²) in [6.07, 6.45) is 0. The van der Waals surface area contributed by atoms with Crippen LogP contribution in [0.2, 0.25) is 0 Å². The minimum atomic E-state index is -0.0690. The molecule has 1 aromatic heterocycles. The van der Waals surface area contributed by atoms with Crippen LogP contribution < -0.4 is 22.4 Å². The minimum Gasteiger partial charge on any atom is -0.382 e. The Morgan fingerprint density at radius 1 is 0.905 bits per heavy atom. The number of aryl methyl sites for hydroxylation is 1. The van der Waals surface area contributed by atoms with E-state index in [9.17, 15) is 4.79 Å². The van der Waals surface area contributed by atoms with E-state index in [1.165, 1.54) is 22.4 Å². The Morgan fingerprint density at radius 3 is 2.40 bits per heavy atom. The quantitative estimate of drug-likeness (QED) is 0.0757. The Kier molecular flexibility index (Phi) is 8.41. The number of benzene rings is 4. The fraction of sp³-hybridized carbons (Fsp3) is 0.200. The Bertz CT molecular complexity index is 1760. The monoisotopic (exact) mass is 558 g/mol. The van der Waals surface area contributed by atoms with E-state index in [2.05, 4.69) is 103 Å². The van der Waals surface area contributed by atoms with Crippen molar-refractivity contribution >= 4 is 22.6 Å². The number of amidine groups is 1. The van der Waals surface area contributed by atoms with Crippen molar-refractivity contribution in [2.24, 2.45) is 16.7 Å². The van der Waals surface area contributed by atoms with E-state index >= 15 is 0 Å². The lowest BCUT2D eigenvalue weighted by atomic mass is 9.98. The van der Waals surface area contributed by atoms with Gasteiger partial charge in [-0.25, -0.2) is 11.4 Å². The number of hydrazone groups is 1. The summed E-state index contributed by atoms with van der Waals surface area (Å²) in [4.78, 5) is 13.1. The first kappa shape index (κ1) is 28.6. The molecule has 0 radical (unpaired) electrons. The third kappa shape index (κ3) is 5.92. The SMILES string of the molecule is Cc1c(C)n(Cc2ccc(-c3ccccc3/C(N)=N/NN)cc2)c2ccc(C(=O)NCc3cccc(C(C)C)c3)cc12. The standard InChI is InChI=1S/C35H38N6O/c1-22(2)28-9-7-8-26(18-28)20-38-35(42)29-16-17-33-32(19-29)23(3)24(4)41(33)21-25-12-14-27(15-13-25)30-10-5-6-11-31(30)34(36)39-40-37/h5-19,22,40H,20-21,37H2,1-4H3,(H2,36,39)(H,38,42). The molecule has 5 rings (SSSR count). The van der Waals surface area contributed by atoms with Gasteiger partial charge in [0.05, 0.1) is 0 Å². The van der Waals surface area contributed by atoms with Crippen LogP contribution in [0.1, 0.15) is 63.6 Å². The van der Waals surface area contributed by atoms with Crippen LogP contribution in [-0.4, -0.2) is 16.3 Å².